The second-order valence-electron chi connectivity index (χ2n) is 5.00. The zero-order valence-electron chi connectivity index (χ0n) is 12.5. The summed E-state index contributed by atoms with van der Waals surface area (Å²) in [6.45, 7) is 0. The number of benzene rings is 2. The van der Waals surface area contributed by atoms with Gasteiger partial charge >= 0.3 is 0 Å². The minimum absolute atomic E-state index is 0.372. The fourth-order valence-corrected chi connectivity index (χ4v) is 2.79. The highest BCUT2D eigenvalue weighted by Crippen LogP contribution is 2.23. The maximum Gasteiger partial charge on any atom is 0.252 e. The average Bonchev–Trinajstić information content (AvgIpc) is 2.92. The second kappa shape index (κ2) is 6.13. The van der Waals surface area contributed by atoms with Gasteiger partial charge in [-0.25, -0.2) is 8.42 Å². The van der Waals surface area contributed by atoms with Crippen molar-refractivity contribution in [2.45, 2.75) is 0 Å². The highest BCUT2D eigenvalue weighted by atomic mass is 32.2. The van der Waals surface area contributed by atoms with Crippen LogP contribution in [0.15, 0.2) is 66.7 Å². The molecule has 1 aromatic heterocycles. The number of hydrogen-bond acceptors (Lipinski definition) is 5. The number of hydrogen-bond donors (Lipinski definition) is 2. The van der Waals surface area contributed by atoms with Crippen molar-refractivity contribution in [3.8, 4) is 0 Å². The summed E-state index contributed by atoms with van der Waals surface area (Å²) in [7, 11) is -3.52. The largest absolute Gasteiger partial charge is 0.339 e. The molecule has 0 bridgehead atoms. The molecule has 2 aromatic carbocycles. The van der Waals surface area contributed by atoms with Crippen molar-refractivity contribution >= 4 is 33.0 Å². The van der Waals surface area contributed by atoms with Crippen molar-refractivity contribution in [2.75, 3.05) is 16.9 Å². The van der Waals surface area contributed by atoms with Crippen LogP contribution in [0.2, 0.25) is 0 Å². The molecule has 3 aromatic rings. The first kappa shape index (κ1) is 15.1. The lowest BCUT2D eigenvalue weighted by Gasteiger charge is -2.07. The monoisotopic (exact) mass is 328 g/mol. The molecule has 23 heavy (non-hydrogen) atoms. The van der Waals surface area contributed by atoms with Gasteiger partial charge in [-0.1, -0.05) is 36.4 Å². The van der Waals surface area contributed by atoms with E-state index >= 15 is 0 Å². The van der Waals surface area contributed by atoms with E-state index in [1.54, 1.807) is 6.07 Å². The van der Waals surface area contributed by atoms with Gasteiger partial charge in [-0.3, -0.25) is 0 Å². The third-order valence-corrected chi connectivity index (χ3v) is 3.99. The number of nitrogens with one attached hydrogen (secondary N) is 2. The Bertz CT molecular complexity index is 890. The molecule has 0 aliphatic rings. The van der Waals surface area contributed by atoms with Crippen LogP contribution in [0.3, 0.4) is 0 Å². The Morgan fingerprint density at radius 1 is 0.870 bits per heavy atom. The third-order valence-electron chi connectivity index (χ3n) is 3.08. The lowest BCUT2D eigenvalue weighted by atomic mass is 10.3. The first-order chi connectivity index (χ1) is 11.0. The molecule has 0 saturated carbocycles. The van der Waals surface area contributed by atoms with E-state index in [1.165, 1.54) is 0 Å². The lowest BCUT2D eigenvalue weighted by Crippen LogP contribution is -2.14. The number of nitrogens with zero attached hydrogens (tertiary/aromatic N) is 2. The molecule has 0 fully saturated rings. The predicted molar refractivity (Wildman–Crippen MR) is 91.9 cm³/mol. The van der Waals surface area contributed by atoms with Crippen molar-refractivity contribution in [2.24, 2.45) is 0 Å². The smallest absolute Gasteiger partial charge is 0.252 e. The second-order valence-corrected chi connectivity index (χ2v) is 6.81. The molecule has 0 atom stereocenters. The highest BCUT2D eigenvalue weighted by Gasteiger charge is 2.16. The van der Waals surface area contributed by atoms with Gasteiger partial charge in [0.15, 0.2) is 5.82 Å². The van der Waals surface area contributed by atoms with Gasteiger partial charge in [-0.15, -0.1) is 9.19 Å². The van der Waals surface area contributed by atoms with E-state index in [0.717, 1.165) is 21.7 Å². The summed E-state index contributed by atoms with van der Waals surface area (Å²) in [5.74, 6) is 0.817. The molecule has 0 spiro atoms. The molecule has 0 unspecified atom stereocenters. The molecule has 0 aliphatic carbocycles. The Kier molecular flexibility index (Phi) is 4.03. The van der Waals surface area contributed by atoms with Crippen molar-refractivity contribution < 1.29 is 8.42 Å². The number of anilines is 4. The predicted octanol–water partition coefficient (Wildman–Crippen LogP) is 3.18. The average molecular weight is 328 g/mol. The quantitative estimate of drug-likeness (QED) is 0.752. The molecule has 0 saturated heterocycles. The van der Waals surface area contributed by atoms with E-state index in [1.807, 2.05) is 60.7 Å². The van der Waals surface area contributed by atoms with Crippen molar-refractivity contribution in [3.05, 3.63) is 66.7 Å². The molecule has 0 aliphatic heterocycles. The van der Waals surface area contributed by atoms with Crippen LogP contribution in [0.4, 0.5) is 23.0 Å². The molecule has 3 rings (SSSR count). The third kappa shape index (κ3) is 3.70. The van der Waals surface area contributed by atoms with E-state index < -0.39 is 10.0 Å². The fourth-order valence-electron chi connectivity index (χ4n) is 2.10. The van der Waals surface area contributed by atoms with Crippen molar-refractivity contribution in [1.82, 2.24) is 9.19 Å². The van der Waals surface area contributed by atoms with Crippen LogP contribution in [-0.4, -0.2) is 23.9 Å². The molecule has 0 radical (unpaired) electrons. The topological polar surface area (TPSA) is 76.0 Å². The SMILES string of the molecule is CS(=O)(=O)n1nc(Nc2ccccc2)cc1Nc1ccccc1. The molecule has 6 nitrogen and oxygen atoms in total. The minimum Gasteiger partial charge on any atom is -0.339 e. The summed E-state index contributed by atoms with van der Waals surface area (Å²) in [4.78, 5) is 0. The number of aromatic nitrogens is 2. The van der Waals surface area contributed by atoms with E-state index in [9.17, 15) is 8.42 Å². The van der Waals surface area contributed by atoms with Crippen LogP contribution < -0.4 is 10.6 Å². The molecule has 2 N–H and O–H groups in total. The molecular formula is C16H16N4O2S. The Morgan fingerprint density at radius 3 is 1.91 bits per heavy atom. The zero-order chi connectivity index (χ0) is 16.3. The van der Waals surface area contributed by atoms with Gasteiger partial charge in [0.25, 0.3) is 10.0 Å². The molecule has 0 amide bonds. The number of para-hydroxylation sites is 2. The van der Waals surface area contributed by atoms with Crippen LogP contribution in [0.25, 0.3) is 0 Å². The van der Waals surface area contributed by atoms with Gasteiger partial charge in [0, 0.05) is 17.4 Å². The highest BCUT2D eigenvalue weighted by molar-refractivity contribution is 7.89. The lowest BCUT2D eigenvalue weighted by molar-refractivity contribution is 0.587. The first-order valence-corrected chi connectivity index (χ1v) is 8.82. The molecule has 118 valence electrons. The summed E-state index contributed by atoms with van der Waals surface area (Å²) in [6.07, 6.45) is 1.11. The van der Waals surface area contributed by atoms with Gasteiger partial charge in [0.1, 0.15) is 5.82 Å². The summed E-state index contributed by atoms with van der Waals surface area (Å²) in [5.41, 5.74) is 1.61. The standard InChI is InChI=1S/C16H16N4O2S/c1-23(21,22)20-16(18-14-10-6-3-7-11-14)12-15(19-20)17-13-8-4-2-5-9-13/h2-12,18H,1H3,(H,17,19). The normalized spacial score (nSPS) is 11.2. The summed E-state index contributed by atoms with van der Waals surface area (Å²) in [6, 6.07) is 20.4. The maximum absolute atomic E-state index is 11.9. The van der Waals surface area contributed by atoms with Crippen molar-refractivity contribution in [1.29, 1.82) is 0 Å². The Hall–Kier alpha value is -2.80. The van der Waals surface area contributed by atoms with E-state index in [0.29, 0.717) is 11.6 Å². The zero-order valence-corrected chi connectivity index (χ0v) is 13.3. The Morgan fingerprint density at radius 2 is 1.39 bits per heavy atom. The van der Waals surface area contributed by atoms with Gasteiger partial charge in [-0.2, -0.15) is 0 Å². The number of rotatable bonds is 5. The summed E-state index contributed by atoms with van der Waals surface area (Å²) >= 11 is 0. The minimum atomic E-state index is -3.52. The summed E-state index contributed by atoms with van der Waals surface area (Å²) in [5, 5.41) is 10.3. The van der Waals surface area contributed by atoms with Crippen LogP contribution in [-0.2, 0) is 10.0 Å². The van der Waals surface area contributed by atoms with Gasteiger partial charge < -0.3 is 10.6 Å². The van der Waals surface area contributed by atoms with Crippen LogP contribution >= 0.6 is 0 Å². The Balaban J connectivity index is 1.94. The first-order valence-electron chi connectivity index (χ1n) is 6.97. The fraction of sp³-hybridized carbons (Fsp3) is 0.0625. The van der Waals surface area contributed by atoms with E-state index in [4.69, 9.17) is 0 Å². The van der Waals surface area contributed by atoms with Crippen LogP contribution in [0.1, 0.15) is 0 Å². The van der Waals surface area contributed by atoms with Crippen LogP contribution in [0, 0.1) is 0 Å². The van der Waals surface area contributed by atoms with Crippen molar-refractivity contribution in [3.63, 3.8) is 0 Å². The van der Waals surface area contributed by atoms with Gasteiger partial charge in [0.2, 0.25) is 0 Å². The molecular weight excluding hydrogens is 312 g/mol. The maximum atomic E-state index is 11.9. The van der Waals surface area contributed by atoms with Crippen LogP contribution in [0.5, 0.6) is 0 Å². The van der Waals surface area contributed by atoms with Gasteiger partial charge in [-0.05, 0) is 24.3 Å². The molecule has 1 heterocycles. The van der Waals surface area contributed by atoms with E-state index in [-0.39, 0.29) is 0 Å². The van der Waals surface area contributed by atoms with Gasteiger partial charge in [0.05, 0.1) is 6.26 Å². The summed E-state index contributed by atoms with van der Waals surface area (Å²) < 4.78 is 24.9. The Labute approximate surface area is 134 Å². The van der Waals surface area contributed by atoms with E-state index in [2.05, 4.69) is 15.7 Å². The molecule has 7 heteroatoms.